The third-order valence-corrected chi connectivity index (χ3v) is 13.0. The highest BCUT2D eigenvalue weighted by Gasteiger charge is 2.53. The molecule has 3 aromatic heterocycles. The van der Waals surface area contributed by atoms with Crippen LogP contribution in [0.4, 0.5) is 19.4 Å². The monoisotopic (exact) mass is 1040 g/mol. The number of benzene rings is 4. The molecule has 0 saturated heterocycles. The number of amides is 3. The minimum Gasteiger partial charge on any atom is -0.508 e. The zero-order valence-corrected chi connectivity index (χ0v) is 42.9. The van der Waals surface area contributed by atoms with Gasteiger partial charge in [0.15, 0.2) is 11.5 Å². The summed E-state index contributed by atoms with van der Waals surface area (Å²) in [6, 6.07) is 28.1. The lowest BCUT2D eigenvalue weighted by Crippen LogP contribution is -2.32. The number of halogens is 2. The quantitative estimate of drug-likeness (QED) is 0.0370. The van der Waals surface area contributed by atoms with E-state index >= 15 is 0 Å². The molecule has 4 aromatic carbocycles. The molecular weight excluding hydrogens is 979 g/mol. The Morgan fingerprint density at radius 2 is 1.50 bits per heavy atom. The number of hydrogen-bond donors (Lipinski definition) is 6. The lowest BCUT2D eigenvalue weighted by atomic mass is 9.87. The number of aromatic hydroxyl groups is 1. The van der Waals surface area contributed by atoms with Crippen LogP contribution in [0.25, 0.3) is 44.4 Å². The van der Waals surface area contributed by atoms with Crippen molar-refractivity contribution >= 4 is 34.6 Å². The molecule has 2 aliphatic rings. The maximum atomic E-state index is 13.7. The number of nitrogens with zero attached hydrogens (tertiary/aromatic N) is 3. The smallest absolute Gasteiger partial charge is 0.508 e. The summed E-state index contributed by atoms with van der Waals surface area (Å²) in [5.41, 5.74) is 8.46. The summed E-state index contributed by atoms with van der Waals surface area (Å²) in [6.45, 7) is 12.0. The Hall–Kier alpha value is -8.00. The number of rotatable bonds is 21. The van der Waals surface area contributed by atoms with E-state index in [9.17, 15) is 28.3 Å². The zero-order valence-electron chi connectivity index (χ0n) is 42.9. The summed E-state index contributed by atoms with van der Waals surface area (Å²) in [5.74, 6) is -0.366. The molecule has 17 nitrogen and oxygen atoms in total. The molecule has 19 heteroatoms. The maximum absolute atomic E-state index is 13.7. The molecule has 0 spiro atoms. The number of alkyl halides is 2. The van der Waals surface area contributed by atoms with E-state index in [2.05, 4.69) is 53.9 Å². The van der Waals surface area contributed by atoms with Gasteiger partial charge in [-0.25, -0.2) is 9.78 Å². The molecule has 1 saturated carbocycles. The minimum absolute atomic E-state index is 0.0872. The Morgan fingerprint density at radius 3 is 2.25 bits per heavy atom. The first-order valence-corrected chi connectivity index (χ1v) is 25.2. The number of aryl methyl sites for hydroxylation is 1. The number of ether oxygens (including phenoxy) is 5. The van der Waals surface area contributed by atoms with Gasteiger partial charge in [0, 0.05) is 47.3 Å². The van der Waals surface area contributed by atoms with Crippen LogP contribution in [0.3, 0.4) is 0 Å². The fourth-order valence-electron chi connectivity index (χ4n) is 9.20. The van der Waals surface area contributed by atoms with Crippen molar-refractivity contribution < 1.29 is 52.0 Å². The van der Waals surface area contributed by atoms with Gasteiger partial charge in [-0.2, -0.15) is 5.10 Å². The predicted octanol–water partition coefficient (Wildman–Crippen LogP) is 9.50. The van der Waals surface area contributed by atoms with E-state index in [0.717, 1.165) is 50.0 Å². The number of fused-ring (bicyclic) bond motifs is 2. The molecule has 1 aliphatic carbocycles. The second-order valence-electron chi connectivity index (χ2n) is 19.6. The van der Waals surface area contributed by atoms with Crippen LogP contribution in [-0.2, 0) is 43.9 Å². The second kappa shape index (κ2) is 22.5. The van der Waals surface area contributed by atoms with Crippen LogP contribution in [0.5, 0.6) is 17.2 Å². The summed E-state index contributed by atoms with van der Waals surface area (Å²) in [4.78, 5) is 49.7. The van der Waals surface area contributed by atoms with E-state index in [-0.39, 0.29) is 48.8 Å². The molecule has 0 bridgehead atoms. The number of nitrogens with one attached hydrogen (secondary N) is 5. The molecule has 9 rings (SSSR count). The van der Waals surface area contributed by atoms with Crippen LogP contribution in [0.1, 0.15) is 79.0 Å². The Labute approximate surface area is 438 Å². The third kappa shape index (κ3) is 12.4. The van der Waals surface area contributed by atoms with E-state index < -0.39 is 23.4 Å². The van der Waals surface area contributed by atoms with Gasteiger partial charge < -0.3 is 50.1 Å². The largest absolute Gasteiger partial charge is 0.586 e. The molecule has 1 fully saturated rings. The molecule has 7 aromatic rings. The van der Waals surface area contributed by atoms with E-state index in [1.807, 2.05) is 64.1 Å². The number of carbonyl (C=O) groups excluding carboxylic acids is 3. The summed E-state index contributed by atoms with van der Waals surface area (Å²) in [7, 11) is 0. The van der Waals surface area contributed by atoms with E-state index in [0.29, 0.717) is 86.1 Å². The van der Waals surface area contributed by atoms with E-state index in [1.165, 1.54) is 12.1 Å². The standard InChI is InChI=1S/C57H60F2N8O9/c1-6-42-49(35-11-15-41(68)16-12-35)45(33-62-54(71)76-55(3,4)5)64-44(50(42)36-13-17-43-39(28-36)31-63-67-43)32-60-22-24-72-26-27-73-25-23-61-52(69)38-9-7-8-37(29-38)51-34(2)10-19-48(65-51)66-53(70)56(20-21-56)40-14-18-46-47(30-40)75-57(58,59)74-46/h7-19,28-31,60,68H,6,20-27,32-33H2,1-5H3,(H,61,69)(H,62,71)(H,63,67)(H,65,66,70). The van der Waals surface area contributed by atoms with Crippen molar-refractivity contribution in [1.82, 2.24) is 36.1 Å². The summed E-state index contributed by atoms with van der Waals surface area (Å²) < 4.78 is 53.7. The average Bonchev–Trinajstić information content (AvgIpc) is 4.00. The van der Waals surface area contributed by atoms with Gasteiger partial charge in [-0.15, -0.1) is 8.78 Å². The van der Waals surface area contributed by atoms with Gasteiger partial charge in [-0.3, -0.25) is 19.7 Å². The van der Waals surface area contributed by atoms with Crippen LogP contribution in [0.2, 0.25) is 0 Å². The number of carbonyl (C=O) groups is 3. The van der Waals surface area contributed by atoms with Crippen LogP contribution in [0, 0.1) is 6.92 Å². The fraction of sp³-hybridized carbons (Fsp3) is 0.333. The number of anilines is 1. The third-order valence-electron chi connectivity index (χ3n) is 13.0. The molecule has 76 heavy (non-hydrogen) atoms. The SMILES string of the molecule is CCc1c(-c2ccc3[nH]ncc3c2)c(CNCCOCCOCCNC(=O)c2cccc(-c3nc(NC(=O)C4(c5ccc6c(c5)OC(F)(F)O6)CC4)ccc3C)c2)nc(CNC(=O)OC(C)(C)C)c1-c1ccc(O)cc1. The van der Waals surface area contributed by atoms with Gasteiger partial charge in [0.2, 0.25) is 5.91 Å². The van der Waals surface area contributed by atoms with Gasteiger partial charge in [-0.1, -0.05) is 49.4 Å². The topological polar surface area (TPSA) is 220 Å². The van der Waals surface area contributed by atoms with Gasteiger partial charge in [0.25, 0.3) is 5.91 Å². The number of hydrogen-bond acceptors (Lipinski definition) is 13. The number of phenolic OH excluding ortho intramolecular Hbond substituents is 1. The molecule has 3 amide bonds. The number of phenols is 1. The molecule has 0 atom stereocenters. The number of pyridine rings is 2. The van der Waals surface area contributed by atoms with Crippen molar-refractivity contribution in [3.05, 3.63) is 137 Å². The maximum Gasteiger partial charge on any atom is 0.586 e. The first-order chi connectivity index (χ1) is 36.5. The van der Waals surface area contributed by atoms with E-state index in [4.69, 9.17) is 24.2 Å². The van der Waals surface area contributed by atoms with Crippen molar-refractivity contribution in [2.75, 3.05) is 44.8 Å². The first-order valence-electron chi connectivity index (χ1n) is 25.2. The number of aromatic amines is 1. The minimum atomic E-state index is -3.76. The summed E-state index contributed by atoms with van der Waals surface area (Å²) in [5, 5.41) is 30.6. The van der Waals surface area contributed by atoms with Crippen molar-refractivity contribution in [3.8, 4) is 50.8 Å². The van der Waals surface area contributed by atoms with Crippen LogP contribution in [0.15, 0.2) is 103 Å². The highest BCUT2D eigenvalue weighted by Crippen LogP contribution is 2.52. The average molecular weight is 1040 g/mol. The zero-order chi connectivity index (χ0) is 53.6. The van der Waals surface area contributed by atoms with Gasteiger partial charge in [0.05, 0.1) is 67.2 Å². The van der Waals surface area contributed by atoms with Gasteiger partial charge in [-0.05, 0) is 129 Å². The molecule has 0 radical (unpaired) electrons. The lowest BCUT2D eigenvalue weighted by molar-refractivity contribution is -0.286. The number of aromatic nitrogens is 4. The molecule has 0 unspecified atom stereocenters. The van der Waals surface area contributed by atoms with Crippen molar-refractivity contribution in [1.29, 1.82) is 0 Å². The highest BCUT2D eigenvalue weighted by molar-refractivity contribution is 6.01. The van der Waals surface area contributed by atoms with Crippen LogP contribution >= 0.6 is 0 Å². The molecule has 6 N–H and O–H groups in total. The summed E-state index contributed by atoms with van der Waals surface area (Å²) >= 11 is 0. The second-order valence-corrected chi connectivity index (χ2v) is 19.6. The molecule has 1 aliphatic heterocycles. The normalized spacial score (nSPS) is 14.1. The van der Waals surface area contributed by atoms with Crippen LogP contribution in [-0.4, -0.2) is 94.6 Å². The molecular formula is C57H60F2N8O9. The van der Waals surface area contributed by atoms with Crippen molar-refractivity contribution in [3.63, 3.8) is 0 Å². The van der Waals surface area contributed by atoms with Crippen molar-refractivity contribution in [2.24, 2.45) is 0 Å². The fourth-order valence-corrected chi connectivity index (χ4v) is 9.20. The Bertz CT molecular complexity index is 3260. The summed E-state index contributed by atoms with van der Waals surface area (Å²) in [6.07, 6.45) is -0.830. The van der Waals surface area contributed by atoms with Crippen molar-refractivity contribution in [2.45, 2.75) is 84.3 Å². The molecule has 4 heterocycles. The Balaban J connectivity index is 0.758. The van der Waals surface area contributed by atoms with Gasteiger partial charge >= 0.3 is 12.4 Å². The number of alkyl carbamates (subject to hydrolysis) is 1. The van der Waals surface area contributed by atoms with Crippen LogP contribution < -0.4 is 30.7 Å². The van der Waals surface area contributed by atoms with Gasteiger partial charge in [0.1, 0.15) is 17.2 Å². The predicted molar refractivity (Wildman–Crippen MR) is 281 cm³/mol. The Kier molecular flexibility index (Phi) is 15.6. The number of H-pyrrole nitrogens is 1. The molecule has 396 valence electrons. The highest BCUT2D eigenvalue weighted by atomic mass is 19.3. The first kappa shape index (κ1) is 52.8. The lowest BCUT2D eigenvalue weighted by Gasteiger charge is -2.23. The van der Waals surface area contributed by atoms with E-state index in [1.54, 1.807) is 48.7 Å². The Morgan fingerprint density at radius 1 is 0.776 bits per heavy atom.